The van der Waals surface area contributed by atoms with Gasteiger partial charge in [-0.2, -0.15) is 0 Å². The van der Waals surface area contributed by atoms with Crippen LogP contribution in [0.25, 0.3) is 10.2 Å². The molecule has 3 rings (SSSR count). The van der Waals surface area contributed by atoms with Crippen molar-refractivity contribution in [1.29, 1.82) is 0 Å². The Bertz CT molecular complexity index is 839. The van der Waals surface area contributed by atoms with Crippen LogP contribution in [0.15, 0.2) is 23.0 Å². The minimum absolute atomic E-state index is 0.0187. The summed E-state index contributed by atoms with van der Waals surface area (Å²) < 4.78 is 2.24. The standard InChI is InChI=1S/C15H16ClN3O4S/c16-10-1-2-12-11(7-10)19(15(23)24-12)8-13(20)18-5-3-17(4-6-18)9-14(21)22/h1-2,7H,3-6,8-9H2,(H,21,22). The predicted molar refractivity (Wildman–Crippen MR) is 91.8 cm³/mol. The van der Waals surface area contributed by atoms with Gasteiger partial charge < -0.3 is 10.0 Å². The van der Waals surface area contributed by atoms with Crippen molar-refractivity contribution in [2.45, 2.75) is 6.54 Å². The van der Waals surface area contributed by atoms with Crippen molar-refractivity contribution in [3.8, 4) is 0 Å². The highest BCUT2D eigenvalue weighted by Crippen LogP contribution is 2.21. The molecule has 9 heteroatoms. The summed E-state index contributed by atoms with van der Waals surface area (Å²) in [5, 5.41) is 9.31. The van der Waals surface area contributed by atoms with E-state index in [0.717, 1.165) is 16.0 Å². The maximum Gasteiger partial charge on any atom is 0.317 e. The topological polar surface area (TPSA) is 82.8 Å². The first-order valence-corrected chi connectivity index (χ1v) is 8.64. The van der Waals surface area contributed by atoms with Crippen molar-refractivity contribution >= 4 is 45.0 Å². The summed E-state index contributed by atoms with van der Waals surface area (Å²) in [6.45, 7) is 1.91. The number of aromatic nitrogens is 1. The monoisotopic (exact) mass is 369 g/mol. The quantitative estimate of drug-likeness (QED) is 0.867. The number of aliphatic carboxylic acids is 1. The molecule has 0 radical (unpaired) electrons. The van der Waals surface area contributed by atoms with Crippen LogP contribution in [0.5, 0.6) is 0 Å². The highest BCUT2D eigenvalue weighted by molar-refractivity contribution is 7.16. The predicted octanol–water partition coefficient (Wildman–Crippen LogP) is 0.945. The number of amides is 1. The Morgan fingerprint density at radius 3 is 2.54 bits per heavy atom. The molecule has 0 unspecified atom stereocenters. The molecule has 0 aliphatic carbocycles. The summed E-state index contributed by atoms with van der Waals surface area (Å²) in [5.74, 6) is -1.02. The number of piperazine rings is 1. The fourth-order valence-corrected chi connectivity index (χ4v) is 3.80. The zero-order valence-corrected chi connectivity index (χ0v) is 14.3. The van der Waals surface area contributed by atoms with Crippen LogP contribution in [0.2, 0.25) is 5.02 Å². The van der Waals surface area contributed by atoms with E-state index >= 15 is 0 Å². The first kappa shape index (κ1) is 16.9. The summed E-state index contributed by atoms with van der Waals surface area (Å²) in [6, 6.07) is 5.18. The molecular formula is C15H16ClN3O4S. The summed E-state index contributed by atoms with van der Waals surface area (Å²) in [6.07, 6.45) is 0. The van der Waals surface area contributed by atoms with Crippen LogP contribution in [0.1, 0.15) is 0 Å². The van der Waals surface area contributed by atoms with Gasteiger partial charge in [0, 0.05) is 31.2 Å². The minimum atomic E-state index is -0.872. The van der Waals surface area contributed by atoms with E-state index < -0.39 is 5.97 Å². The number of hydrogen-bond acceptors (Lipinski definition) is 5. The van der Waals surface area contributed by atoms with Crippen LogP contribution in [0.3, 0.4) is 0 Å². The SMILES string of the molecule is O=C(O)CN1CCN(C(=O)Cn2c(=O)sc3ccc(Cl)cc32)CC1. The lowest BCUT2D eigenvalue weighted by molar-refractivity contribution is -0.139. The van der Waals surface area contributed by atoms with Gasteiger partial charge in [0.05, 0.1) is 16.8 Å². The smallest absolute Gasteiger partial charge is 0.317 e. The van der Waals surface area contributed by atoms with Gasteiger partial charge in [-0.3, -0.25) is 23.9 Å². The van der Waals surface area contributed by atoms with Crippen molar-refractivity contribution in [3.05, 3.63) is 32.9 Å². The van der Waals surface area contributed by atoms with Crippen LogP contribution in [0, 0.1) is 0 Å². The molecule has 2 heterocycles. The van der Waals surface area contributed by atoms with Crippen molar-refractivity contribution in [2.75, 3.05) is 32.7 Å². The lowest BCUT2D eigenvalue weighted by Gasteiger charge is -2.33. The van der Waals surface area contributed by atoms with Gasteiger partial charge in [0.2, 0.25) is 5.91 Å². The van der Waals surface area contributed by atoms with Gasteiger partial charge >= 0.3 is 10.8 Å². The van der Waals surface area contributed by atoms with Crippen molar-refractivity contribution in [2.24, 2.45) is 0 Å². The number of fused-ring (bicyclic) bond motifs is 1. The molecular weight excluding hydrogens is 354 g/mol. The first-order chi connectivity index (χ1) is 11.4. The molecule has 1 fully saturated rings. The zero-order valence-electron chi connectivity index (χ0n) is 12.8. The molecule has 1 aliphatic heterocycles. The zero-order chi connectivity index (χ0) is 17.3. The number of carbonyl (C=O) groups is 2. The van der Waals surface area contributed by atoms with Gasteiger partial charge in [-0.05, 0) is 18.2 Å². The van der Waals surface area contributed by atoms with E-state index in [1.807, 2.05) is 0 Å². The molecule has 128 valence electrons. The third-order valence-corrected chi connectivity index (χ3v) is 5.20. The molecule has 24 heavy (non-hydrogen) atoms. The maximum atomic E-state index is 12.5. The number of rotatable bonds is 4. The van der Waals surface area contributed by atoms with Gasteiger partial charge in [0.15, 0.2) is 0 Å². The summed E-state index contributed by atoms with van der Waals surface area (Å²) in [7, 11) is 0. The number of carbonyl (C=O) groups excluding carboxylic acids is 1. The second-order valence-corrected chi connectivity index (χ2v) is 7.05. The van der Waals surface area contributed by atoms with Crippen molar-refractivity contribution in [1.82, 2.24) is 14.4 Å². The molecule has 1 N–H and O–H groups in total. The average molecular weight is 370 g/mol. The molecule has 1 saturated heterocycles. The Hall–Kier alpha value is -1.90. The Balaban J connectivity index is 1.70. The molecule has 1 amide bonds. The van der Waals surface area contributed by atoms with Gasteiger partial charge in [0.1, 0.15) is 6.54 Å². The van der Waals surface area contributed by atoms with E-state index in [9.17, 15) is 14.4 Å². The van der Waals surface area contributed by atoms with Crippen LogP contribution < -0.4 is 4.87 Å². The largest absolute Gasteiger partial charge is 0.480 e. The molecule has 1 aromatic heterocycles. The average Bonchev–Trinajstić information content (AvgIpc) is 2.83. The lowest BCUT2D eigenvalue weighted by atomic mass is 10.3. The molecule has 0 saturated carbocycles. The Kier molecular flexibility index (Phi) is 4.88. The second kappa shape index (κ2) is 6.92. The van der Waals surface area contributed by atoms with E-state index in [2.05, 4.69) is 0 Å². The number of hydrogen-bond donors (Lipinski definition) is 1. The van der Waals surface area contributed by atoms with Gasteiger partial charge in [0.25, 0.3) is 0 Å². The van der Waals surface area contributed by atoms with Crippen LogP contribution in [0.4, 0.5) is 0 Å². The third-order valence-electron chi connectivity index (χ3n) is 4.01. The number of thiazole rings is 1. The third kappa shape index (κ3) is 3.61. The molecule has 0 atom stereocenters. The minimum Gasteiger partial charge on any atom is -0.480 e. The van der Waals surface area contributed by atoms with E-state index in [1.54, 1.807) is 28.0 Å². The molecule has 1 aromatic carbocycles. The van der Waals surface area contributed by atoms with Crippen LogP contribution in [-0.2, 0) is 16.1 Å². The van der Waals surface area contributed by atoms with Gasteiger partial charge in [-0.15, -0.1) is 0 Å². The number of carboxylic acids is 1. The molecule has 7 nitrogen and oxygen atoms in total. The fourth-order valence-electron chi connectivity index (χ4n) is 2.77. The second-order valence-electron chi connectivity index (χ2n) is 5.62. The first-order valence-electron chi connectivity index (χ1n) is 7.45. The van der Waals surface area contributed by atoms with E-state index in [4.69, 9.17) is 16.7 Å². The number of carboxylic acid groups (broad SMARTS) is 1. The van der Waals surface area contributed by atoms with Gasteiger partial charge in [-0.1, -0.05) is 22.9 Å². The van der Waals surface area contributed by atoms with Crippen molar-refractivity contribution < 1.29 is 14.7 Å². The van der Waals surface area contributed by atoms with E-state index in [-0.39, 0.29) is 23.9 Å². The number of halogens is 1. The highest BCUT2D eigenvalue weighted by atomic mass is 35.5. The van der Waals surface area contributed by atoms with Crippen LogP contribution >= 0.6 is 22.9 Å². The number of benzene rings is 1. The van der Waals surface area contributed by atoms with E-state index in [1.165, 1.54) is 4.57 Å². The Morgan fingerprint density at radius 1 is 1.17 bits per heavy atom. The highest BCUT2D eigenvalue weighted by Gasteiger charge is 2.23. The van der Waals surface area contributed by atoms with Crippen molar-refractivity contribution in [3.63, 3.8) is 0 Å². The molecule has 0 bridgehead atoms. The molecule has 0 spiro atoms. The Morgan fingerprint density at radius 2 is 1.88 bits per heavy atom. The Labute approximate surface area is 146 Å². The molecule has 1 aliphatic rings. The van der Waals surface area contributed by atoms with Gasteiger partial charge in [-0.25, -0.2) is 0 Å². The van der Waals surface area contributed by atoms with Crippen LogP contribution in [-0.4, -0.2) is 64.1 Å². The number of nitrogens with zero attached hydrogens (tertiary/aromatic N) is 3. The van der Waals surface area contributed by atoms with E-state index in [0.29, 0.717) is 36.7 Å². The summed E-state index contributed by atoms with van der Waals surface area (Å²) in [4.78, 5) is 38.6. The fraction of sp³-hybridized carbons (Fsp3) is 0.400. The molecule has 2 aromatic rings. The summed E-state index contributed by atoms with van der Waals surface area (Å²) >= 11 is 7.07. The lowest BCUT2D eigenvalue weighted by Crippen LogP contribution is -2.50. The normalized spacial score (nSPS) is 15.8. The maximum absolute atomic E-state index is 12.5. The summed E-state index contributed by atoms with van der Waals surface area (Å²) in [5.41, 5.74) is 0.662.